The van der Waals surface area contributed by atoms with E-state index in [1.54, 1.807) is 0 Å². The van der Waals surface area contributed by atoms with E-state index < -0.39 is 0 Å². The predicted molar refractivity (Wildman–Crippen MR) is 79.0 cm³/mol. The number of aromatic nitrogens is 2. The summed E-state index contributed by atoms with van der Waals surface area (Å²) in [5, 5.41) is 11.6. The van der Waals surface area contributed by atoms with Gasteiger partial charge in [-0.05, 0) is 38.5 Å². The van der Waals surface area contributed by atoms with E-state index in [9.17, 15) is 0 Å². The number of hydrogen-bond acceptors (Lipinski definition) is 4. The zero-order valence-electron chi connectivity index (χ0n) is 11.6. The molecule has 0 saturated heterocycles. The number of nitrogens with two attached hydrogens (primary N) is 1. The summed E-state index contributed by atoms with van der Waals surface area (Å²) in [5.74, 6) is 0.746. The van der Waals surface area contributed by atoms with E-state index in [-0.39, 0.29) is 5.54 Å². The highest BCUT2D eigenvalue weighted by atomic mass is 15.2. The van der Waals surface area contributed by atoms with Gasteiger partial charge in [-0.3, -0.25) is 0 Å². The van der Waals surface area contributed by atoms with Gasteiger partial charge in [0.05, 0.1) is 5.69 Å². The zero-order chi connectivity index (χ0) is 13.9. The standard InChI is InChI=1S/C15H20N4/c1-11-6-4-5-7-12(11)13-8-9-14(19-18-13)17-10-15(2,3)16/h4-9H,10,16H2,1-3H3,(H,17,19). The van der Waals surface area contributed by atoms with Crippen molar-refractivity contribution in [2.75, 3.05) is 11.9 Å². The molecule has 0 spiro atoms. The molecule has 0 unspecified atom stereocenters. The molecular formula is C15H20N4. The van der Waals surface area contributed by atoms with Crippen LogP contribution in [0.15, 0.2) is 36.4 Å². The lowest BCUT2D eigenvalue weighted by Gasteiger charge is -2.19. The summed E-state index contributed by atoms with van der Waals surface area (Å²) in [6.45, 7) is 6.66. The highest BCUT2D eigenvalue weighted by Crippen LogP contribution is 2.20. The van der Waals surface area contributed by atoms with Crippen LogP contribution in [0.2, 0.25) is 0 Å². The summed E-state index contributed by atoms with van der Waals surface area (Å²) in [4.78, 5) is 0. The van der Waals surface area contributed by atoms with Crippen LogP contribution in [0.25, 0.3) is 11.3 Å². The van der Waals surface area contributed by atoms with Crippen molar-refractivity contribution in [2.24, 2.45) is 5.73 Å². The summed E-state index contributed by atoms with van der Waals surface area (Å²) in [5.41, 5.74) is 8.84. The fourth-order valence-corrected chi connectivity index (χ4v) is 1.75. The van der Waals surface area contributed by atoms with Crippen molar-refractivity contribution >= 4 is 5.82 Å². The van der Waals surface area contributed by atoms with Crippen molar-refractivity contribution in [3.63, 3.8) is 0 Å². The second-order valence-corrected chi connectivity index (χ2v) is 5.46. The van der Waals surface area contributed by atoms with Gasteiger partial charge in [0.2, 0.25) is 0 Å². The molecule has 100 valence electrons. The van der Waals surface area contributed by atoms with Crippen molar-refractivity contribution in [2.45, 2.75) is 26.3 Å². The summed E-state index contributed by atoms with van der Waals surface area (Å²) in [7, 11) is 0. The number of anilines is 1. The molecule has 2 rings (SSSR count). The molecule has 1 heterocycles. The molecule has 0 fully saturated rings. The van der Waals surface area contributed by atoms with E-state index in [0.29, 0.717) is 6.54 Å². The molecule has 0 aliphatic rings. The van der Waals surface area contributed by atoms with Crippen molar-refractivity contribution in [3.05, 3.63) is 42.0 Å². The Kier molecular flexibility index (Phi) is 3.81. The van der Waals surface area contributed by atoms with Crippen LogP contribution in [-0.4, -0.2) is 22.3 Å². The molecule has 19 heavy (non-hydrogen) atoms. The first-order valence-corrected chi connectivity index (χ1v) is 6.38. The largest absolute Gasteiger partial charge is 0.367 e. The van der Waals surface area contributed by atoms with Gasteiger partial charge in [-0.2, -0.15) is 0 Å². The molecule has 0 aliphatic heterocycles. The second-order valence-electron chi connectivity index (χ2n) is 5.46. The molecule has 0 radical (unpaired) electrons. The lowest BCUT2D eigenvalue weighted by atomic mass is 10.1. The maximum Gasteiger partial charge on any atom is 0.148 e. The van der Waals surface area contributed by atoms with Gasteiger partial charge < -0.3 is 11.1 Å². The number of rotatable bonds is 4. The Bertz CT molecular complexity index is 541. The van der Waals surface area contributed by atoms with Gasteiger partial charge in [0.15, 0.2) is 0 Å². The minimum Gasteiger partial charge on any atom is -0.367 e. The Morgan fingerprint density at radius 2 is 1.84 bits per heavy atom. The van der Waals surface area contributed by atoms with Crippen molar-refractivity contribution in [3.8, 4) is 11.3 Å². The molecule has 4 heteroatoms. The first-order valence-electron chi connectivity index (χ1n) is 6.38. The van der Waals surface area contributed by atoms with Gasteiger partial charge in [0, 0.05) is 17.6 Å². The fourth-order valence-electron chi connectivity index (χ4n) is 1.75. The number of hydrogen-bond donors (Lipinski definition) is 2. The minimum absolute atomic E-state index is 0.267. The molecule has 0 amide bonds. The zero-order valence-corrected chi connectivity index (χ0v) is 11.6. The van der Waals surface area contributed by atoms with Crippen LogP contribution >= 0.6 is 0 Å². The van der Waals surface area contributed by atoms with Gasteiger partial charge in [-0.25, -0.2) is 0 Å². The van der Waals surface area contributed by atoms with E-state index in [2.05, 4.69) is 34.6 Å². The Morgan fingerprint density at radius 1 is 1.11 bits per heavy atom. The Balaban J connectivity index is 2.13. The highest BCUT2D eigenvalue weighted by molar-refractivity contribution is 5.63. The third-order valence-electron chi connectivity index (χ3n) is 2.81. The van der Waals surface area contributed by atoms with Crippen molar-refractivity contribution in [1.29, 1.82) is 0 Å². The molecule has 1 aromatic carbocycles. The van der Waals surface area contributed by atoms with E-state index in [1.807, 2.05) is 38.1 Å². The van der Waals surface area contributed by atoms with Crippen LogP contribution in [-0.2, 0) is 0 Å². The van der Waals surface area contributed by atoms with Gasteiger partial charge >= 0.3 is 0 Å². The Morgan fingerprint density at radius 3 is 2.42 bits per heavy atom. The van der Waals surface area contributed by atoms with Crippen LogP contribution in [0.3, 0.4) is 0 Å². The van der Waals surface area contributed by atoms with Crippen LogP contribution in [0.4, 0.5) is 5.82 Å². The maximum atomic E-state index is 5.91. The SMILES string of the molecule is Cc1ccccc1-c1ccc(NCC(C)(C)N)nn1. The van der Waals surface area contributed by atoms with Crippen LogP contribution < -0.4 is 11.1 Å². The topological polar surface area (TPSA) is 63.8 Å². The van der Waals surface area contributed by atoms with Gasteiger partial charge in [0.25, 0.3) is 0 Å². The lowest BCUT2D eigenvalue weighted by molar-refractivity contribution is 0.548. The Labute approximate surface area is 114 Å². The third-order valence-corrected chi connectivity index (χ3v) is 2.81. The monoisotopic (exact) mass is 256 g/mol. The lowest BCUT2D eigenvalue weighted by Crippen LogP contribution is -2.39. The third kappa shape index (κ3) is 3.76. The molecular weight excluding hydrogens is 236 g/mol. The summed E-state index contributed by atoms with van der Waals surface area (Å²) >= 11 is 0. The second kappa shape index (κ2) is 5.36. The van der Waals surface area contributed by atoms with Crippen LogP contribution in [0.5, 0.6) is 0 Å². The molecule has 4 nitrogen and oxygen atoms in total. The van der Waals surface area contributed by atoms with Gasteiger partial charge in [-0.1, -0.05) is 24.3 Å². The first kappa shape index (κ1) is 13.5. The molecule has 0 saturated carbocycles. The van der Waals surface area contributed by atoms with Gasteiger partial charge in [0.1, 0.15) is 5.82 Å². The smallest absolute Gasteiger partial charge is 0.148 e. The first-order chi connectivity index (χ1) is 8.96. The fraction of sp³-hybridized carbons (Fsp3) is 0.333. The minimum atomic E-state index is -0.267. The average molecular weight is 256 g/mol. The normalized spacial score (nSPS) is 11.4. The number of nitrogens with one attached hydrogen (secondary N) is 1. The van der Waals surface area contributed by atoms with E-state index in [0.717, 1.165) is 17.1 Å². The van der Waals surface area contributed by atoms with Crippen LogP contribution in [0.1, 0.15) is 19.4 Å². The molecule has 3 N–H and O–H groups in total. The highest BCUT2D eigenvalue weighted by Gasteiger charge is 2.10. The maximum absolute atomic E-state index is 5.91. The summed E-state index contributed by atoms with van der Waals surface area (Å²) in [6, 6.07) is 12.1. The Hall–Kier alpha value is -1.94. The average Bonchev–Trinajstić information content (AvgIpc) is 2.37. The van der Waals surface area contributed by atoms with Crippen molar-refractivity contribution < 1.29 is 0 Å². The van der Waals surface area contributed by atoms with Crippen LogP contribution in [0, 0.1) is 6.92 Å². The molecule has 2 aromatic rings. The molecule has 0 aliphatic carbocycles. The number of nitrogens with zero attached hydrogens (tertiary/aromatic N) is 2. The molecule has 1 aromatic heterocycles. The van der Waals surface area contributed by atoms with Gasteiger partial charge in [-0.15, -0.1) is 10.2 Å². The quantitative estimate of drug-likeness (QED) is 0.882. The van der Waals surface area contributed by atoms with E-state index in [1.165, 1.54) is 5.56 Å². The summed E-state index contributed by atoms with van der Waals surface area (Å²) in [6.07, 6.45) is 0. The van der Waals surface area contributed by atoms with Crippen molar-refractivity contribution in [1.82, 2.24) is 10.2 Å². The number of benzene rings is 1. The van der Waals surface area contributed by atoms with E-state index >= 15 is 0 Å². The van der Waals surface area contributed by atoms with E-state index in [4.69, 9.17) is 5.73 Å². The molecule has 0 bridgehead atoms. The number of aryl methyl sites for hydroxylation is 1. The molecule has 0 atom stereocenters. The summed E-state index contributed by atoms with van der Waals surface area (Å²) < 4.78 is 0. The predicted octanol–water partition coefficient (Wildman–Crippen LogP) is 2.60.